The highest BCUT2D eigenvalue weighted by molar-refractivity contribution is 4.75. The third-order valence-electron chi connectivity index (χ3n) is 2.68. The summed E-state index contributed by atoms with van der Waals surface area (Å²) in [7, 11) is 1.81. The first-order valence-electron chi connectivity index (χ1n) is 4.99. The summed E-state index contributed by atoms with van der Waals surface area (Å²) in [4.78, 5) is 0. The molecule has 1 aliphatic rings. The van der Waals surface area contributed by atoms with Crippen LogP contribution in [0.1, 0.15) is 32.6 Å². The van der Waals surface area contributed by atoms with Crippen molar-refractivity contribution in [2.45, 2.75) is 38.7 Å². The summed E-state index contributed by atoms with van der Waals surface area (Å²) < 4.78 is 10.8. The van der Waals surface area contributed by atoms with E-state index in [9.17, 15) is 0 Å². The predicted molar refractivity (Wildman–Crippen MR) is 49.2 cm³/mol. The lowest BCUT2D eigenvalue weighted by Gasteiger charge is -2.29. The first kappa shape index (κ1) is 10.0. The maximum Gasteiger partial charge on any atom is 0.0621 e. The van der Waals surface area contributed by atoms with Gasteiger partial charge in [-0.05, 0) is 19.8 Å². The summed E-state index contributed by atoms with van der Waals surface area (Å²) in [6, 6.07) is 0. The van der Waals surface area contributed by atoms with Gasteiger partial charge in [0.2, 0.25) is 0 Å². The second-order valence-corrected chi connectivity index (χ2v) is 3.48. The van der Waals surface area contributed by atoms with E-state index in [0.717, 1.165) is 13.2 Å². The Morgan fingerprint density at radius 3 is 2.67 bits per heavy atom. The van der Waals surface area contributed by atoms with Crippen LogP contribution in [0.2, 0.25) is 0 Å². The zero-order valence-electron chi connectivity index (χ0n) is 8.21. The zero-order chi connectivity index (χ0) is 8.81. The normalized spacial score (nSPS) is 30.5. The molecular weight excluding hydrogens is 152 g/mol. The van der Waals surface area contributed by atoms with Gasteiger partial charge in [-0.1, -0.05) is 12.8 Å². The topological polar surface area (TPSA) is 18.5 Å². The fourth-order valence-electron chi connectivity index (χ4n) is 1.94. The molecule has 1 aliphatic carbocycles. The standard InChI is InChI=1S/C10H20O2/c1-3-12-8-9-6-4-5-7-10(9)11-2/h9-10H,3-8H2,1-2H3. The van der Waals surface area contributed by atoms with Crippen molar-refractivity contribution in [1.29, 1.82) is 0 Å². The Hall–Kier alpha value is -0.0800. The quantitative estimate of drug-likeness (QED) is 0.647. The van der Waals surface area contributed by atoms with Crippen molar-refractivity contribution in [1.82, 2.24) is 0 Å². The van der Waals surface area contributed by atoms with Gasteiger partial charge in [0.1, 0.15) is 0 Å². The molecule has 2 unspecified atom stereocenters. The van der Waals surface area contributed by atoms with Gasteiger partial charge >= 0.3 is 0 Å². The molecule has 2 nitrogen and oxygen atoms in total. The minimum Gasteiger partial charge on any atom is -0.381 e. The van der Waals surface area contributed by atoms with E-state index in [1.54, 1.807) is 0 Å². The van der Waals surface area contributed by atoms with Crippen LogP contribution in [0.5, 0.6) is 0 Å². The lowest BCUT2D eigenvalue weighted by molar-refractivity contribution is -0.0179. The Balaban J connectivity index is 2.26. The molecular formula is C10H20O2. The van der Waals surface area contributed by atoms with Crippen LogP contribution >= 0.6 is 0 Å². The van der Waals surface area contributed by atoms with Gasteiger partial charge in [0, 0.05) is 19.6 Å². The molecule has 0 heterocycles. The molecule has 0 aromatic carbocycles. The highest BCUT2D eigenvalue weighted by Gasteiger charge is 2.24. The summed E-state index contributed by atoms with van der Waals surface area (Å²) in [5.74, 6) is 0.642. The Morgan fingerprint density at radius 2 is 2.00 bits per heavy atom. The molecule has 0 N–H and O–H groups in total. The van der Waals surface area contributed by atoms with Gasteiger partial charge in [-0.3, -0.25) is 0 Å². The van der Waals surface area contributed by atoms with Gasteiger partial charge in [-0.2, -0.15) is 0 Å². The fraction of sp³-hybridized carbons (Fsp3) is 1.00. The van der Waals surface area contributed by atoms with Crippen molar-refractivity contribution in [2.75, 3.05) is 20.3 Å². The Labute approximate surface area is 75.2 Å². The summed E-state index contributed by atoms with van der Waals surface area (Å²) in [5, 5.41) is 0. The second kappa shape index (κ2) is 5.55. The Kier molecular flexibility index (Phi) is 4.62. The molecule has 2 atom stereocenters. The van der Waals surface area contributed by atoms with E-state index in [1.807, 2.05) is 14.0 Å². The lowest BCUT2D eigenvalue weighted by atomic mass is 9.87. The highest BCUT2D eigenvalue weighted by atomic mass is 16.5. The molecule has 1 fully saturated rings. The molecule has 72 valence electrons. The first-order chi connectivity index (χ1) is 5.88. The molecule has 0 aromatic heterocycles. The molecule has 0 radical (unpaired) electrons. The summed E-state index contributed by atoms with van der Waals surface area (Å²) in [6.07, 6.45) is 5.61. The predicted octanol–water partition coefficient (Wildman–Crippen LogP) is 2.23. The van der Waals surface area contributed by atoms with Crippen LogP contribution in [-0.2, 0) is 9.47 Å². The Bertz CT molecular complexity index is 114. The van der Waals surface area contributed by atoms with Crippen LogP contribution < -0.4 is 0 Å². The number of hydrogen-bond acceptors (Lipinski definition) is 2. The van der Waals surface area contributed by atoms with Crippen molar-refractivity contribution >= 4 is 0 Å². The fourth-order valence-corrected chi connectivity index (χ4v) is 1.94. The maximum atomic E-state index is 5.43. The van der Waals surface area contributed by atoms with Crippen LogP contribution in [0, 0.1) is 5.92 Å². The van der Waals surface area contributed by atoms with Crippen LogP contribution in [0.4, 0.5) is 0 Å². The van der Waals surface area contributed by atoms with Gasteiger partial charge in [-0.15, -0.1) is 0 Å². The van der Waals surface area contributed by atoms with Gasteiger partial charge < -0.3 is 9.47 Å². The minimum absolute atomic E-state index is 0.449. The number of methoxy groups -OCH3 is 1. The van der Waals surface area contributed by atoms with Crippen LogP contribution in [0.15, 0.2) is 0 Å². The minimum atomic E-state index is 0.449. The number of hydrogen-bond donors (Lipinski definition) is 0. The van der Waals surface area contributed by atoms with E-state index in [-0.39, 0.29) is 0 Å². The third kappa shape index (κ3) is 2.76. The van der Waals surface area contributed by atoms with E-state index in [2.05, 4.69) is 0 Å². The van der Waals surface area contributed by atoms with E-state index < -0.39 is 0 Å². The van der Waals surface area contributed by atoms with Gasteiger partial charge in [0.15, 0.2) is 0 Å². The molecule has 0 aromatic rings. The van der Waals surface area contributed by atoms with Crippen molar-refractivity contribution in [3.05, 3.63) is 0 Å². The SMILES string of the molecule is CCOCC1CCCCC1OC. The highest BCUT2D eigenvalue weighted by Crippen LogP contribution is 2.26. The van der Waals surface area contributed by atoms with Crippen molar-refractivity contribution in [2.24, 2.45) is 5.92 Å². The van der Waals surface area contributed by atoms with Gasteiger partial charge in [0.05, 0.1) is 12.7 Å². The van der Waals surface area contributed by atoms with E-state index >= 15 is 0 Å². The van der Waals surface area contributed by atoms with Gasteiger partial charge in [-0.25, -0.2) is 0 Å². The van der Waals surface area contributed by atoms with Crippen molar-refractivity contribution < 1.29 is 9.47 Å². The average molecular weight is 172 g/mol. The number of rotatable bonds is 4. The van der Waals surface area contributed by atoms with E-state index in [1.165, 1.54) is 25.7 Å². The zero-order valence-corrected chi connectivity index (χ0v) is 8.21. The summed E-state index contributed by atoms with van der Waals surface area (Å²) in [6.45, 7) is 3.76. The van der Waals surface area contributed by atoms with E-state index in [0.29, 0.717) is 12.0 Å². The molecule has 0 amide bonds. The molecule has 0 bridgehead atoms. The third-order valence-corrected chi connectivity index (χ3v) is 2.68. The smallest absolute Gasteiger partial charge is 0.0621 e. The van der Waals surface area contributed by atoms with Crippen LogP contribution in [0.25, 0.3) is 0 Å². The first-order valence-corrected chi connectivity index (χ1v) is 4.99. The van der Waals surface area contributed by atoms with Crippen molar-refractivity contribution in [3.8, 4) is 0 Å². The van der Waals surface area contributed by atoms with Crippen LogP contribution in [0.3, 0.4) is 0 Å². The van der Waals surface area contributed by atoms with Crippen LogP contribution in [-0.4, -0.2) is 26.4 Å². The monoisotopic (exact) mass is 172 g/mol. The Morgan fingerprint density at radius 1 is 1.25 bits per heavy atom. The molecule has 0 aliphatic heterocycles. The number of ether oxygens (including phenoxy) is 2. The summed E-state index contributed by atoms with van der Waals surface area (Å²) >= 11 is 0. The molecule has 1 rings (SSSR count). The maximum absolute atomic E-state index is 5.43. The van der Waals surface area contributed by atoms with E-state index in [4.69, 9.17) is 9.47 Å². The van der Waals surface area contributed by atoms with Gasteiger partial charge in [0.25, 0.3) is 0 Å². The lowest BCUT2D eigenvalue weighted by Crippen LogP contribution is -2.30. The average Bonchev–Trinajstić information content (AvgIpc) is 2.15. The molecule has 0 spiro atoms. The largest absolute Gasteiger partial charge is 0.381 e. The summed E-state index contributed by atoms with van der Waals surface area (Å²) in [5.41, 5.74) is 0. The second-order valence-electron chi connectivity index (χ2n) is 3.48. The molecule has 12 heavy (non-hydrogen) atoms. The molecule has 2 heteroatoms. The van der Waals surface area contributed by atoms with Crippen molar-refractivity contribution in [3.63, 3.8) is 0 Å². The molecule has 1 saturated carbocycles. The molecule has 0 saturated heterocycles.